The second-order valence-electron chi connectivity index (χ2n) is 9.44. The Morgan fingerprint density at radius 1 is 1.14 bits per heavy atom. The smallest absolute Gasteiger partial charge is 0.410 e. The summed E-state index contributed by atoms with van der Waals surface area (Å²) in [6.07, 6.45) is -1.34. The van der Waals surface area contributed by atoms with Crippen LogP contribution in [0.1, 0.15) is 54.4 Å². The summed E-state index contributed by atoms with van der Waals surface area (Å²) in [7, 11) is 3.02. The summed E-state index contributed by atoms with van der Waals surface area (Å²) in [5.74, 6) is -2.96. The number of hydrogen-bond acceptors (Lipinski definition) is 6. The number of carbonyl (C=O) groups is 1. The van der Waals surface area contributed by atoms with Crippen molar-refractivity contribution in [1.82, 2.24) is 4.90 Å². The van der Waals surface area contributed by atoms with Crippen molar-refractivity contribution in [2.24, 2.45) is 5.92 Å². The highest BCUT2D eigenvalue weighted by molar-refractivity contribution is 5.70. The first kappa shape index (κ1) is 21.7. The fourth-order valence-corrected chi connectivity index (χ4v) is 4.66. The first-order chi connectivity index (χ1) is 12.8. The fourth-order valence-electron chi connectivity index (χ4n) is 4.66. The van der Waals surface area contributed by atoms with Crippen LogP contribution in [-0.4, -0.2) is 72.9 Å². The molecule has 0 bridgehead atoms. The highest BCUT2D eigenvalue weighted by Crippen LogP contribution is 2.57. The van der Waals surface area contributed by atoms with E-state index in [0.717, 1.165) is 0 Å². The summed E-state index contributed by atoms with van der Waals surface area (Å²) >= 11 is 0. The molecule has 3 aliphatic rings. The van der Waals surface area contributed by atoms with Crippen molar-refractivity contribution in [2.45, 2.75) is 95.5 Å². The lowest BCUT2D eigenvalue weighted by Gasteiger charge is -2.58. The van der Waals surface area contributed by atoms with Gasteiger partial charge in [0.05, 0.1) is 18.2 Å². The summed E-state index contributed by atoms with van der Waals surface area (Å²) in [6.45, 7) is 10.7. The average Bonchev–Trinajstić information content (AvgIpc) is 3.34. The molecule has 162 valence electrons. The molecule has 3 fully saturated rings. The molecule has 1 amide bonds. The standard InChI is InChI=1S/C20H34FNO6/c1-12(21)14-15-13(26-18(5,24-7)19(6,25-8)27-15)11-22(20(14)9-10-20)16(23)28-17(2,3)4/h12-15H,9-11H2,1-8H3/t12?,13-,14-,15+,18+,19?/m1/s1. The number of ether oxygens (including phenoxy) is 5. The Hall–Kier alpha value is -0.960. The largest absolute Gasteiger partial charge is 0.444 e. The van der Waals surface area contributed by atoms with Crippen LogP contribution < -0.4 is 0 Å². The van der Waals surface area contributed by atoms with Crippen LogP contribution in [0.2, 0.25) is 0 Å². The molecule has 1 aliphatic carbocycles. The number of methoxy groups -OCH3 is 2. The molecule has 0 aromatic rings. The second kappa shape index (κ2) is 6.79. The Morgan fingerprint density at radius 3 is 2.11 bits per heavy atom. The van der Waals surface area contributed by atoms with Gasteiger partial charge in [-0.2, -0.15) is 0 Å². The number of amides is 1. The van der Waals surface area contributed by atoms with Crippen molar-refractivity contribution < 1.29 is 32.9 Å². The van der Waals surface area contributed by atoms with Crippen molar-refractivity contribution in [1.29, 1.82) is 0 Å². The van der Waals surface area contributed by atoms with Crippen LogP contribution in [0.15, 0.2) is 0 Å². The molecule has 6 atom stereocenters. The molecule has 0 aromatic heterocycles. The first-order valence-electron chi connectivity index (χ1n) is 9.93. The van der Waals surface area contributed by atoms with Crippen LogP contribution in [-0.2, 0) is 23.7 Å². The normalized spacial score (nSPS) is 40.8. The zero-order valence-electron chi connectivity index (χ0n) is 18.2. The van der Waals surface area contributed by atoms with E-state index in [1.54, 1.807) is 18.7 Å². The van der Waals surface area contributed by atoms with Crippen LogP contribution in [0.4, 0.5) is 9.18 Å². The molecule has 28 heavy (non-hydrogen) atoms. The van der Waals surface area contributed by atoms with Gasteiger partial charge in [0.25, 0.3) is 0 Å². The summed E-state index contributed by atoms with van der Waals surface area (Å²) in [4.78, 5) is 14.6. The highest BCUT2D eigenvalue weighted by atomic mass is 19.1. The van der Waals surface area contributed by atoms with Gasteiger partial charge in [0, 0.05) is 20.1 Å². The fraction of sp³-hybridized carbons (Fsp3) is 0.950. The lowest BCUT2D eigenvalue weighted by atomic mass is 9.78. The number of rotatable bonds is 3. The van der Waals surface area contributed by atoms with Crippen LogP contribution >= 0.6 is 0 Å². The van der Waals surface area contributed by atoms with Crippen molar-refractivity contribution >= 4 is 6.09 Å². The second-order valence-corrected chi connectivity index (χ2v) is 9.44. The number of piperidine rings is 1. The third-order valence-electron chi connectivity index (χ3n) is 6.45. The van der Waals surface area contributed by atoms with Crippen molar-refractivity contribution in [3.63, 3.8) is 0 Å². The zero-order valence-corrected chi connectivity index (χ0v) is 18.2. The first-order valence-corrected chi connectivity index (χ1v) is 9.93. The van der Waals surface area contributed by atoms with E-state index in [-0.39, 0.29) is 6.54 Å². The van der Waals surface area contributed by atoms with E-state index in [0.29, 0.717) is 12.8 Å². The Bertz CT molecular complexity index is 618. The van der Waals surface area contributed by atoms with E-state index >= 15 is 0 Å². The van der Waals surface area contributed by atoms with E-state index in [1.807, 2.05) is 20.8 Å². The van der Waals surface area contributed by atoms with Gasteiger partial charge in [-0.1, -0.05) is 0 Å². The predicted molar refractivity (Wildman–Crippen MR) is 99.5 cm³/mol. The number of hydrogen-bond donors (Lipinski definition) is 0. The summed E-state index contributed by atoms with van der Waals surface area (Å²) in [6, 6.07) is 0. The number of alkyl halides is 1. The molecule has 8 heteroatoms. The molecule has 0 N–H and O–H groups in total. The third kappa shape index (κ3) is 3.32. The van der Waals surface area contributed by atoms with Gasteiger partial charge in [-0.05, 0) is 54.4 Å². The minimum absolute atomic E-state index is 0.252. The molecular formula is C20H34FNO6. The van der Waals surface area contributed by atoms with Gasteiger partial charge in [-0.3, -0.25) is 4.90 Å². The molecule has 0 aromatic carbocycles. The number of carbonyl (C=O) groups excluding carboxylic acids is 1. The molecule has 1 spiro atoms. The average molecular weight is 403 g/mol. The monoisotopic (exact) mass is 403 g/mol. The maximum Gasteiger partial charge on any atom is 0.410 e. The molecule has 3 rings (SSSR count). The van der Waals surface area contributed by atoms with Crippen molar-refractivity contribution in [2.75, 3.05) is 20.8 Å². The van der Waals surface area contributed by atoms with Gasteiger partial charge in [0.15, 0.2) is 0 Å². The Balaban J connectivity index is 1.96. The molecule has 2 aliphatic heterocycles. The SMILES string of the molecule is COC1(C)O[C@@H]2[C@@H](C(C)F)C3(CC3)N(C(=O)OC(C)(C)C)C[C@H]2O[C@]1(C)OC. The van der Waals surface area contributed by atoms with Gasteiger partial charge < -0.3 is 23.7 Å². The Morgan fingerprint density at radius 2 is 1.68 bits per heavy atom. The number of halogens is 1. The minimum Gasteiger partial charge on any atom is -0.444 e. The van der Waals surface area contributed by atoms with Crippen LogP contribution in [0.25, 0.3) is 0 Å². The van der Waals surface area contributed by atoms with E-state index in [9.17, 15) is 9.18 Å². The number of likely N-dealkylation sites (tertiary alicyclic amines) is 1. The maximum absolute atomic E-state index is 14.9. The quantitative estimate of drug-likeness (QED) is 0.721. The molecule has 0 radical (unpaired) electrons. The third-order valence-corrected chi connectivity index (χ3v) is 6.45. The molecule has 1 saturated carbocycles. The molecule has 2 saturated heterocycles. The van der Waals surface area contributed by atoms with E-state index in [1.165, 1.54) is 21.1 Å². The van der Waals surface area contributed by atoms with E-state index in [2.05, 4.69) is 0 Å². The molecule has 2 heterocycles. The van der Waals surface area contributed by atoms with Gasteiger partial charge in [0.2, 0.25) is 11.6 Å². The van der Waals surface area contributed by atoms with Crippen LogP contribution in [0.3, 0.4) is 0 Å². The number of nitrogens with zero attached hydrogens (tertiary/aromatic N) is 1. The lowest BCUT2D eigenvalue weighted by Crippen LogP contribution is -2.73. The van der Waals surface area contributed by atoms with Crippen molar-refractivity contribution in [3.05, 3.63) is 0 Å². The summed E-state index contributed by atoms with van der Waals surface area (Å²) in [5.41, 5.74) is -1.25. The van der Waals surface area contributed by atoms with Crippen LogP contribution in [0, 0.1) is 5.92 Å². The molecule has 2 unspecified atom stereocenters. The minimum atomic E-state index is -1.21. The van der Waals surface area contributed by atoms with E-state index < -0.39 is 53.1 Å². The Kier molecular flexibility index (Phi) is 5.27. The van der Waals surface area contributed by atoms with Crippen molar-refractivity contribution in [3.8, 4) is 0 Å². The van der Waals surface area contributed by atoms with Gasteiger partial charge in [-0.25, -0.2) is 9.18 Å². The molecular weight excluding hydrogens is 369 g/mol. The van der Waals surface area contributed by atoms with E-state index in [4.69, 9.17) is 23.7 Å². The maximum atomic E-state index is 14.9. The topological polar surface area (TPSA) is 66.5 Å². The van der Waals surface area contributed by atoms with Crippen LogP contribution in [0.5, 0.6) is 0 Å². The predicted octanol–water partition coefficient (Wildman–Crippen LogP) is 3.25. The molecule has 7 nitrogen and oxygen atoms in total. The zero-order chi connectivity index (χ0) is 21.1. The van der Waals surface area contributed by atoms with Gasteiger partial charge in [0.1, 0.15) is 17.9 Å². The number of fused-ring (bicyclic) bond motifs is 1. The Labute approximate surface area is 166 Å². The van der Waals surface area contributed by atoms with Gasteiger partial charge >= 0.3 is 6.09 Å². The summed E-state index contributed by atoms with van der Waals surface area (Å²) < 4.78 is 44.3. The summed E-state index contributed by atoms with van der Waals surface area (Å²) in [5, 5.41) is 0. The highest BCUT2D eigenvalue weighted by Gasteiger charge is 2.69. The lowest BCUT2D eigenvalue weighted by molar-refractivity contribution is -0.459. The van der Waals surface area contributed by atoms with Gasteiger partial charge in [-0.15, -0.1) is 0 Å².